The number of nitrogens with zero attached hydrogens (tertiary/aromatic N) is 1. The van der Waals surface area contributed by atoms with Gasteiger partial charge >= 0.3 is 6.09 Å². The van der Waals surface area contributed by atoms with E-state index in [2.05, 4.69) is 10.6 Å². The SMILES string of the molecule is CCCCN(C(=O)C(NC(=O)OC(C)(C)C)C(C)CC)C(C(=O)NC(C)C)c1ccc(C)c(C)c1. The summed E-state index contributed by atoms with van der Waals surface area (Å²) in [7, 11) is 0. The highest BCUT2D eigenvalue weighted by Crippen LogP contribution is 2.27. The van der Waals surface area contributed by atoms with Crippen molar-refractivity contribution in [3.8, 4) is 0 Å². The Hall–Kier alpha value is -2.57. The van der Waals surface area contributed by atoms with Crippen molar-refractivity contribution in [2.75, 3.05) is 6.54 Å². The number of carbonyl (C=O) groups excluding carboxylic acids is 3. The molecule has 3 unspecified atom stereocenters. The molecule has 0 aliphatic carbocycles. The van der Waals surface area contributed by atoms with E-state index in [4.69, 9.17) is 4.74 Å². The van der Waals surface area contributed by atoms with Gasteiger partial charge in [0, 0.05) is 12.6 Å². The predicted molar refractivity (Wildman–Crippen MR) is 141 cm³/mol. The molecule has 7 heteroatoms. The van der Waals surface area contributed by atoms with Crippen LogP contribution in [0.3, 0.4) is 0 Å². The summed E-state index contributed by atoms with van der Waals surface area (Å²) in [4.78, 5) is 41.9. The number of nitrogens with one attached hydrogen (secondary N) is 2. The summed E-state index contributed by atoms with van der Waals surface area (Å²) in [5.41, 5.74) is 2.25. The Morgan fingerprint density at radius 2 is 1.63 bits per heavy atom. The molecule has 1 aromatic carbocycles. The average molecular weight is 490 g/mol. The first-order valence-corrected chi connectivity index (χ1v) is 12.9. The number of hydrogen-bond acceptors (Lipinski definition) is 4. The lowest BCUT2D eigenvalue weighted by molar-refractivity contribution is -0.143. The van der Waals surface area contributed by atoms with Gasteiger partial charge in [-0.15, -0.1) is 0 Å². The van der Waals surface area contributed by atoms with Gasteiger partial charge in [-0.3, -0.25) is 9.59 Å². The van der Waals surface area contributed by atoms with Crippen molar-refractivity contribution in [1.82, 2.24) is 15.5 Å². The Bertz CT molecular complexity index is 860. The van der Waals surface area contributed by atoms with Crippen LogP contribution in [0.4, 0.5) is 4.79 Å². The largest absolute Gasteiger partial charge is 0.444 e. The van der Waals surface area contributed by atoms with Gasteiger partial charge in [0.2, 0.25) is 11.8 Å². The van der Waals surface area contributed by atoms with E-state index >= 15 is 0 Å². The molecule has 0 saturated carbocycles. The van der Waals surface area contributed by atoms with E-state index in [1.54, 1.807) is 25.7 Å². The molecule has 0 heterocycles. The Morgan fingerprint density at radius 3 is 2.11 bits per heavy atom. The van der Waals surface area contributed by atoms with Crippen molar-refractivity contribution in [3.63, 3.8) is 0 Å². The van der Waals surface area contributed by atoms with Crippen LogP contribution in [0.5, 0.6) is 0 Å². The molecule has 0 spiro atoms. The minimum absolute atomic E-state index is 0.0788. The lowest BCUT2D eigenvalue weighted by Gasteiger charge is -2.36. The van der Waals surface area contributed by atoms with Crippen LogP contribution < -0.4 is 10.6 Å². The molecule has 198 valence electrons. The zero-order chi connectivity index (χ0) is 26.9. The summed E-state index contributed by atoms with van der Waals surface area (Å²) in [6.45, 7) is 19.5. The first-order valence-electron chi connectivity index (χ1n) is 12.9. The molecule has 1 aromatic rings. The third kappa shape index (κ3) is 9.54. The molecule has 7 nitrogen and oxygen atoms in total. The maximum absolute atomic E-state index is 14.1. The second-order valence-corrected chi connectivity index (χ2v) is 10.8. The fourth-order valence-corrected chi connectivity index (χ4v) is 3.76. The number of ether oxygens (including phenoxy) is 1. The summed E-state index contributed by atoms with van der Waals surface area (Å²) >= 11 is 0. The molecule has 1 rings (SSSR count). The molecule has 35 heavy (non-hydrogen) atoms. The highest BCUT2D eigenvalue weighted by molar-refractivity contribution is 5.92. The summed E-state index contributed by atoms with van der Waals surface area (Å²) in [6.07, 6.45) is 1.64. The van der Waals surface area contributed by atoms with Crippen LogP contribution in [0.2, 0.25) is 0 Å². The van der Waals surface area contributed by atoms with Gasteiger partial charge in [-0.2, -0.15) is 0 Å². The fourth-order valence-electron chi connectivity index (χ4n) is 3.76. The van der Waals surface area contributed by atoms with E-state index in [0.717, 1.165) is 29.5 Å². The first kappa shape index (κ1) is 30.5. The lowest BCUT2D eigenvalue weighted by atomic mass is 9.94. The molecular formula is C28H47N3O4. The van der Waals surface area contributed by atoms with E-state index in [0.29, 0.717) is 13.0 Å². The van der Waals surface area contributed by atoms with E-state index in [1.165, 1.54) is 0 Å². The molecule has 0 radical (unpaired) electrons. The van der Waals surface area contributed by atoms with Crippen LogP contribution in [-0.4, -0.2) is 47.0 Å². The van der Waals surface area contributed by atoms with Crippen molar-refractivity contribution >= 4 is 17.9 Å². The van der Waals surface area contributed by atoms with E-state index in [1.807, 2.05) is 66.7 Å². The molecule has 0 aliphatic rings. The van der Waals surface area contributed by atoms with Gasteiger partial charge in [-0.1, -0.05) is 51.8 Å². The van der Waals surface area contributed by atoms with Gasteiger partial charge in [0.25, 0.3) is 0 Å². The Balaban J connectivity index is 3.53. The summed E-state index contributed by atoms with van der Waals surface area (Å²) in [5.74, 6) is -0.652. The summed E-state index contributed by atoms with van der Waals surface area (Å²) in [6, 6.07) is 4.18. The number of amides is 3. The van der Waals surface area contributed by atoms with Gasteiger partial charge in [0.1, 0.15) is 17.7 Å². The second kappa shape index (κ2) is 13.5. The molecule has 2 N–H and O–H groups in total. The Morgan fingerprint density at radius 1 is 1.00 bits per heavy atom. The molecular weight excluding hydrogens is 442 g/mol. The predicted octanol–water partition coefficient (Wildman–Crippen LogP) is 5.44. The number of unbranched alkanes of at least 4 members (excludes halogenated alkanes) is 1. The lowest BCUT2D eigenvalue weighted by Crippen LogP contribution is -2.55. The maximum atomic E-state index is 14.1. The highest BCUT2D eigenvalue weighted by Gasteiger charge is 2.38. The van der Waals surface area contributed by atoms with Crippen LogP contribution in [-0.2, 0) is 14.3 Å². The molecule has 0 aliphatic heterocycles. The number of alkyl carbamates (subject to hydrolysis) is 1. The van der Waals surface area contributed by atoms with Crippen LogP contribution in [0, 0.1) is 19.8 Å². The number of hydrogen-bond donors (Lipinski definition) is 2. The van der Waals surface area contributed by atoms with Gasteiger partial charge < -0.3 is 20.3 Å². The van der Waals surface area contributed by atoms with Crippen molar-refractivity contribution in [2.24, 2.45) is 5.92 Å². The summed E-state index contributed by atoms with van der Waals surface area (Å²) in [5, 5.41) is 5.80. The smallest absolute Gasteiger partial charge is 0.408 e. The monoisotopic (exact) mass is 489 g/mol. The maximum Gasteiger partial charge on any atom is 0.408 e. The number of rotatable bonds is 11. The van der Waals surface area contributed by atoms with Crippen molar-refractivity contribution < 1.29 is 19.1 Å². The van der Waals surface area contributed by atoms with E-state index < -0.39 is 23.8 Å². The van der Waals surface area contributed by atoms with Crippen LogP contribution in [0.15, 0.2) is 18.2 Å². The molecule has 3 amide bonds. The first-order chi connectivity index (χ1) is 16.2. The van der Waals surface area contributed by atoms with Crippen molar-refractivity contribution in [1.29, 1.82) is 0 Å². The fraction of sp³-hybridized carbons (Fsp3) is 0.679. The normalized spacial score (nSPS) is 14.1. The topological polar surface area (TPSA) is 87.7 Å². The van der Waals surface area contributed by atoms with Gasteiger partial charge in [0.05, 0.1) is 0 Å². The summed E-state index contributed by atoms with van der Waals surface area (Å²) < 4.78 is 5.45. The second-order valence-electron chi connectivity index (χ2n) is 10.8. The van der Waals surface area contributed by atoms with Gasteiger partial charge in [-0.25, -0.2) is 4.79 Å². The van der Waals surface area contributed by atoms with Gasteiger partial charge in [0.15, 0.2) is 0 Å². The van der Waals surface area contributed by atoms with Gasteiger partial charge in [-0.05, 0) is 77.5 Å². The average Bonchev–Trinajstić information content (AvgIpc) is 2.74. The highest BCUT2D eigenvalue weighted by atomic mass is 16.6. The van der Waals surface area contributed by atoms with Crippen molar-refractivity contribution in [2.45, 2.75) is 112 Å². The van der Waals surface area contributed by atoms with Crippen molar-refractivity contribution in [3.05, 3.63) is 34.9 Å². The third-order valence-electron chi connectivity index (χ3n) is 6.02. The zero-order valence-corrected chi connectivity index (χ0v) is 23.5. The number of benzene rings is 1. The Kier molecular flexibility index (Phi) is 11.7. The number of aryl methyl sites for hydroxylation is 2. The van der Waals surface area contributed by atoms with Crippen LogP contribution in [0.25, 0.3) is 0 Å². The standard InChI is InChI=1S/C28H47N3O4/c1-11-13-16-31(26(33)23(19(5)12-2)30-27(34)35-28(8,9)10)24(25(32)29-18(3)4)22-15-14-20(6)21(7)17-22/h14-15,17-19,23-24H,11-13,16H2,1-10H3,(H,29,32)(H,30,34). The molecule has 0 saturated heterocycles. The molecule has 0 fully saturated rings. The molecule has 3 atom stereocenters. The molecule has 0 bridgehead atoms. The Labute approximate surface area is 212 Å². The van der Waals surface area contributed by atoms with E-state index in [9.17, 15) is 14.4 Å². The number of carbonyl (C=O) groups is 3. The molecule has 0 aromatic heterocycles. The minimum Gasteiger partial charge on any atom is -0.444 e. The third-order valence-corrected chi connectivity index (χ3v) is 6.02. The van der Waals surface area contributed by atoms with Crippen LogP contribution in [0.1, 0.15) is 97.4 Å². The minimum atomic E-state index is -0.812. The zero-order valence-electron chi connectivity index (χ0n) is 23.5. The van der Waals surface area contributed by atoms with Crippen LogP contribution >= 0.6 is 0 Å². The quantitative estimate of drug-likeness (QED) is 0.433. The van der Waals surface area contributed by atoms with E-state index in [-0.39, 0.29) is 23.8 Å².